The summed E-state index contributed by atoms with van der Waals surface area (Å²) in [6.07, 6.45) is 2.29. The topological polar surface area (TPSA) is 29.3 Å². The fraction of sp³-hybridized carbons (Fsp3) is 0.294. The second-order valence-electron chi connectivity index (χ2n) is 5.33. The van der Waals surface area contributed by atoms with Gasteiger partial charge in [0.15, 0.2) is 0 Å². The van der Waals surface area contributed by atoms with Crippen molar-refractivity contribution in [3.05, 3.63) is 65.5 Å². The minimum absolute atomic E-state index is 0.171. The third-order valence-corrected chi connectivity index (χ3v) is 3.74. The predicted octanol–water partition coefficient (Wildman–Crippen LogP) is 3.45. The first-order chi connectivity index (χ1) is 9.78. The van der Waals surface area contributed by atoms with E-state index in [1.54, 1.807) is 6.07 Å². The molecular formula is C17H19FN2. The minimum atomic E-state index is -0.171. The smallest absolute Gasteiger partial charge is 0.146 e. The van der Waals surface area contributed by atoms with E-state index < -0.39 is 0 Å². The molecule has 0 aliphatic heterocycles. The predicted molar refractivity (Wildman–Crippen MR) is 79.9 cm³/mol. The highest BCUT2D eigenvalue weighted by Gasteiger charge is 2.30. The van der Waals surface area contributed by atoms with Crippen molar-refractivity contribution in [1.82, 2.24) is 0 Å². The van der Waals surface area contributed by atoms with Gasteiger partial charge in [0, 0.05) is 19.1 Å². The molecule has 0 atom stereocenters. The molecule has 20 heavy (non-hydrogen) atoms. The molecule has 0 saturated heterocycles. The van der Waals surface area contributed by atoms with Crippen LogP contribution in [0.15, 0.2) is 48.5 Å². The van der Waals surface area contributed by atoms with Crippen LogP contribution < -0.4 is 10.6 Å². The van der Waals surface area contributed by atoms with Crippen molar-refractivity contribution in [3.8, 4) is 0 Å². The molecule has 2 nitrogen and oxygen atoms in total. The van der Waals surface area contributed by atoms with Crippen LogP contribution in [-0.4, -0.2) is 6.04 Å². The summed E-state index contributed by atoms with van der Waals surface area (Å²) in [6, 6.07) is 16.0. The second-order valence-corrected chi connectivity index (χ2v) is 5.33. The summed E-state index contributed by atoms with van der Waals surface area (Å²) in [5.74, 6) is -0.171. The SMILES string of the molecule is NCc1ccc(N(Cc2ccccc2)C2CC2)c(F)c1. The summed E-state index contributed by atoms with van der Waals surface area (Å²) in [7, 11) is 0. The summed E-state index contributed by atoms with van der Waals surface area (Å²) < 4.78 is 14.3. The van der Waals surface area contributed by atoms with Crippen molar-refractivity contribution in [3.63, 3.8) is 0 Å². The van der Waals surface area contributed by atoms with E-state index in [0.29, 0.717) is 18.3 Å². The first-order valence-electron chi connectivity index (χ1n) is 7.07. The van der Waals surface area contributed by atoms with Gasteiger partial charge in [0.25, 0.3) is 0 Å². The van der Waals surface area contributed by atoms with E-state index in [1.807, 2.05) is 30.3 Å². The molecule has 1 saturated carbocycles. The molecule has 3 heteroatoms. The van der Waals surface area contributed by atoms with Crippen molar-refractivity contribution < 1.29 is 4.39 Å². The summed E-state index contributed by atoms with van der Waals surface area (Å²) >= 11 is 0. The summed E-state index contributed by atoms with van der Waals surface area (Å²) in [6.45, 7) is 1.13. The first kappa shape index (κ1) is 13.1. The number of benzene rings is 2. The van der Waals surface area contributed by atoms with E-state index in [0.717, 1.165) is 24.9 Å². The molecular weight excluding hydrogens is 251 g/mol. The van der Waals surface area contributed by atoms with Gasteiger partial charge in [-0.15, -0.1) is 0 Å². The largest absolute Gasteiger partial charge is 0.362 e. The van der Waals surface area contributed by atoms with E-state index in [4.69, 9.17) is 5.73 Å². The van der Waals surface area contributed by atoms with Crippen LogP contribution in [0.1, 0.15) is 24.0 Å². The molecule has 1 aliphatic carbocycles. The lowest BCUT2D eigenvalue weighted by atomic mass is 10.1. The Morgan fingerprint density at radius 1 is 1.05 bits per heavy atom. The van der Waals surface area contributed by atoms with Gasteiger partial charge >= 0.3 is 0 Å². The highest BCUT2D eigenvalue weighted by molar-refractivity contribution is 5.51. The Morgan fingerprint density at radius 2 is 1.80 bits per heavy atom. The van der Waals surface area contributed by atoms with Crippen LogP contribution in [0.5, 0.6) is 0 Å². The fourth-order valence-corrected chi connectivity index (χ4v) is 2.49. The van der Waals surface area contributed by atoms with Crippen LogP contribution in [0.2, 0.25) is 0 Å². The van der Waals surface area contributed by atoms with E-state index in [9.17, 15) is 4.39 Å². The molecule has 2 aromatic rings. The molecule has 0 aromatic heterocycles. The molecule has 0 unspecified atom stereocenters. The Balaban J connectivity index is 1.87. The molecule has 0 radical (unpaired) electrons. The maximum Gasteiger partial charge on any atom is 0.146 e. The quantitative estimate of drug-likeness (QED) is 0.901. The van der Waals surface area contributed by atoms with Gasteiger partial charge in [-0.3, -0.25) is 0 Å². The number of hydrogen-bond donors (Lipinski definition) is 1. The van der Waals surface area contributed by atoms with Gasteiger partial charge in [-0.1, -0.05) is 36.4 Å². The van der Waals surface area contributed by atoms with E-state index in [2.05, 4.69) is 17.0 Å². The highest BCUT2D eigenvalue weighted by Crippen LogP contribution is 2.34. The van der Waals surface area contributed by atoms with Crippen molar-refractivity contribution in [2.24, 2.45) is 5.73 Å². The lowest BCUT2D eigenvalue weighted by Crippen LogP contribution is -2.26. The van der Waals surface area contributed by atoms with Crippen LogP contribution in [0.25, 0.3) is 0 Å². The molecule has 0 bridgehead atoms. The lowest BCUT2D eigenvalue weighted by Gasteiger charge is -2.25. The van der Waals surface area contributed by atoms with Crippen LogP contribution >= 0.6 is 0 Å². The van der Waals surface area contributed by atoms with Gasteiger partial charge in [-0.05, 0) is 36.1 Å². The third-order valence-electron chi connectivity index (χ3n) is 3.74. The molecule has 0 amide bonds. The van der Waals surface area contributed by atoms with Gasteiger partial charge in [0.2, 0.25) is 0 Å². The standard InChI is InChI=1S/C17H19FN2/c18-16-10-14(11-19)6-9-17(16)20(15-7-8-15)12-13-4-2-1-3-5-13/h1-6,9-10,15H,7-8,11-12,19H2. The third kappa shape index (κ3) is 2.83. The number of rotatable bonds is 5. The summed E-state index contributed by atoms with van der Waals surface area (Å²) in [4.78, 5) is 2.17. The Morgan fingerprint density at radius 3 is 2.40 bits per heavy atom. The van der Waals surface area contributed by atoms with E-state index in [-0.39, 0.29) is 5.82 Å². The van der Waals surface area contributed by atoms with Crippen LogP contribution in [0.3, 0.4) is 0 Å². The van der Waals surface area contributed by atoms with Gasteiger partial charge < -0.3 is 10.6 Å². The van der Waals surface area contributed by atoms with E-state index >= 15 is 0 Å². The zero-order chi connectivity index (χ0) is 13.9. The van der Waals surface area contributed by atoms with Gasteiger partial charge in [0.05, 0.1) is 5.69 Å². The zero-order valence-corrected chi connectivity index (χ0v) is 11.4. The van der Waals surface area contributed by atoms with Gasteiger partial charge in [-0.25, -0.2) is 4.39 Å². The summed E-state index contributed by atoms with van der Waals surface area (Å²) in [5.41, 5.74) is 8.29. The van der Waals surface area contributed by atoms with Crippen molar-refractivity contribution >= 4 is 5.69 Å². The van der Waals surface area contributed by atoms with Crippen LogP contribution in [-0.2, 0) is 13.1 Å². The molecule has 2 aromatic carbocycles. The van der Waals surface area contributed by atoms with Gasteiger partial charge in [-0.2, -0.15) is 0 Å². The Hall–Kier alpha value is -1.87. The molecule has 3 rings (SSSR count). The van der Waals surface area contributed by atoms with Crippen molar-refractivity contribution in [1.29, 1.82) is 0 Å². The summed E-state index contributed by atoms with van der Waals surface area (Å²) in [5, 5.41) is 0. The van der Waals surface area contributed by atoms with Gasteiger partial charge in [0.1, 0.15) is 5.82 Å². The van der Waals surface area contributed by atoms with Crippen molar-refractivity contribution in [2.75, 3.05) is 4.90 Å². The monoisotopic (exact) mass is 270 g/mol. The number of halogens is 1. The maximum atomic E-state index is 14.3. The number of nitrogens with two attached hydrogens (primary N) is 1. The Labute approximate surface area is 119 Å². The Bertz CT molecular complexity index is 579. The minimum Gasteiger partial charge on any atom is -0.362 e. The molecule has 0 spiro atoms. The molecule has 104 valence electrons. The zero-order valence-electron chi connectivity index (χ0n) is 11.4. The molecule has 1 fully saturated rings. The van der Waals surface area contributed by atoms with Crippen molar-refractivity contribution in [2.45, 2.75) is 32.0 Å². The molecule has 2 N–H and O–H groups in total. The number of anilines is 1. The number of nitrogens with zero attached hydrogens (tertiary/aromatic N) is 1. The Kier molecular flexibility index (Phi) is 3.70. The highest BCUT2D eigenvalue weighted by atomic mass is 19.1. The second kappa shape index (κ2) is 5.63. The average Bonchev–Trinajstić information content (AvgIpc) is 3.31. The fourth-order valence-electron chi connectivity index (χ4n) is 2.49. The van der Waals surface area contributed by atoms with E-state index in [1.165, 1.54) is 5.56 Å². The molecule has 1 aliphatic rings. The maximum absolute atomic E-state index is 14.3. The lowest BCUT2D eigenvalue weighted by molar-refractivity contribution is 0.612. The van der Waals surface area contributed by atoms with Crippen LogP contribution in [0.4, 0.5) is 10.1 Å². The average molecular weight is 270 g/mol. The molecule has 0 heterocycles. The number of hydrogen-bond acceptors (Lipinski definition) is 2. The normalized spacial score (nSPS) is 14.3. The first-order valence-corrected chi connectivity index (χ1v) is 7.07. The van der Waals surface area contributed by atoms with Crippen LogP contribution in [0, 0.1) is 5.82 Å².